The van der Waals surface area contributed by atoms with Gasteiger partial charge >= 0.3 is 17.1 Å². The molecule has 0 aliphatic rings. The van der Waals surface area contributed by atoms with Crippen molar-refractivity contribution >= 4 is 0 Å². The molecule has 0 fully saturated rings. The minimum Gasteiger partial charge on any atom is -0.390 e. The van der Waals surface area contributed by atoms with Gasteiger partial charge in [0.25, 0.3) is 0 Å². The number of aromatic nitrogens is 2. The average Bonchev–Trinajstić information content (AvgIpc) is 3.38. The molecule has 4 aromatic rings. The van der Waals surface area contributed by atoms with Crippen LogP contribution in [-0.2, 0) is 23.5 Å². The van der Waals surface area contributed by atoms with Crippen LogP contribution in [0.2, 0.25) is 0 Å². The van der Waals surface area contributed by atoms with E-state index < -0.39 is 6.10 Å². The molecule has 0 saturated carbocycles. The first-order valence-electron chi connectivity index (χ1n) is 8.67. The van der Waals surface area contributed by atoms with Crippen LogP contribution in [0, 0.1) is 6.92 Å². The van der Waals surface area contributed by atoms with Crippen molar-refractivity contribution in [1.82, 2.24) is 9.97 Å². The van der Waals surface area contributed by atoms with Crippen LogP contribution in [0.1, 0.15) is 22.8 Å². The SMILES string of the molecule is Cc1ccnc(-c2cc(CC(O)c3ccc[cH-]3)ccn2)c1.[Fe+2].c1cc[cH-]c1. The zero-order valence-electron chi connectivity index (χ0n) is 15.1. The van der Waals surface area contributed by atoms with Crippen LogP contribution in [0.5, 0.6) is 0 Å². The third-order valence-corrected chi connectivity index (χ3v) is 4.06. The van der Waals surface area contributed by atoms with Gasteiger partial charge in [-0.05, 0) is 42.3 Å². The van der Waals surface area contributed by atoms with Crippen LogP contribution in [0.15, 0.2) is 91.3 Å². The van der Waals surface area contributed by atoms with Gasteiger partial charge in [0.1, 0.15) is 0 Å². The Hall–Kier alpha value is -2.52. The van der Waals surface area contributed by atoms with E-state index in [-0.39, 0.29) is 17.1 Å². The Labute approximate surface area is 171 Å². The third kappa shape index (κ3) is 6.30. The fourth-order valence-electron chi connectivity index (χ4n) is 2.69. The molecule has 1 unspecified atom stereocenters. The van der Waals surface area contributed by atoms with Gasteiger partial charge in [-0.2, -0.15) is 30.3 Å². The molecule has 0 bridgehead atoms. The Morgan fingerprint density at radius 1 is 0.926 bits per heavy atom. The summed E-state index contributed by atoms with van der Waals surface area (Å²) < 4.78 is 0. The minimum absolute atomic E-state index is 0. The number of pyridine rings is 2. The van der Waals surface area contributed by atoms with Crippen molar-refractivity contribution in [3.05, 3.63) is 108 Å². The predicted octanol–water partition coefficient (Wildman–Crippen LogP) is 4.85. The first-order valence-corrected chi connectivity index (χ1v) is 8.67. The molecule has 1 atom stereocenters. The third-order valence-electron chi connectivity index (χ3n) is 4.06. The molecule has 2 aromatic carbocycles. The molecule has 1 N–H and O–H groups in total. The topological polar surface area (TPSA) is 46.0 Å². The van der Waals surface area contributed by atoms with Crippen LogP contribution in [0.25, 0.3) is 11.4 Å². The molecule has 138 valence electrons. The number of hydrogen-bond donors (Lipinski definition) is 1. The van der Waals surface area contributed by atoms with Gasteiger partial charge in [0, 0.05) is 18.8 Å². The van der Waals surface area contributed by atoms with Crippen molar-refractivity contribution in [2.24, 2.45) is 0 Å². The smallest absolute Gasteiger partial charge is 0.390 e. The van der Waals surface area contributed by atoms with Crippen LogP contribution < -0.4 is 0 Å². The van der Waals surface area contributed by atoms with E-state index in [0.717, 1.165) is 28.1 Å². The zero-order valence-corrected chi connectivity index (χ0v) is 16.2. The van der Waals surface area contributed by atoms with Crippen molar-refractivity contribution < 1.29 is 22.2 Å². The summed E-state index contributed by atoms with van der Waals surface area (Å²) in [5, 5.41) is 10.2. The van der Waals surface area contributed by atoms with Crippen LogP contribution in [0.3, 0.4) is 0 Å². The molecule has 0 spiro atoms. The number of rotatable bonds is 4. The molecule has 4 rings (SSSR count). The summed E-state index contributed by atoms with van der Waals surface area (Å²) in [6.45, 7) is 2.04. The Balaban J connectivity index is 0.000000379. The van der Waals surface area contributed by atoms with E-state index in [4.69, 9.17) is 0 Å². The number of hydrogen-bond acceptors (Lipinski definition) is 3. The van der Waals surface area contributed by atoms with Crippen LogP contribution in [-0.4, -0.2) is 15.1 Å². The Kier molecular flexibility index (Phi) is 8.15. The minimum atomic E-state index is -0.485. The average molecular weight is 398 g/mol. The molecule has 0 radical (unpaired) electrons. The maximum Gasteiger partial charge on any atom is 2.00 e. The molecular weight excluding hydrogens is 376 g/mol. The molecule has 4 heteroatoms. The standard InChI is InChI=1S/C18H17N2O.C5H5.Fe/c1-13-6-8-19-16(10-13)17-11-14(7-9-20-17)12-18(21)15-4-2-3-5-15;1-2-4-5-3-1;/h2-11,18,21H,12H2,1H3;1-5H;/q2*-1;+2. The summed E-state index contributed by atoms with van der Waals surface area (Å²) in [5.74, 6) is 0. The van der Waals surface area contributed by atoms with Gasteiger partial charge in [0.2, 0.25) is 0 Å². The van der Waals surface area contributed by atoms with Gasteiger partial charge in [-0.25, -0.2) is 24.3 Å². The normalized spacial score (nSPS) is 11.0. The molecule has 2 heterocycles. The van der Waals surface area contributed by atoms with Crippen molar-refractivity contribution in [1.29, 1.82) is 0 Å². The maximum atomic E-state index is 10.2. The van der Waals surface area contributed by atoms with E-state index in [1.165, 1.54) is 0 Å². The Morgan fingerprint density at radius 2 is 1.63 bits per heavy atom. The second-order valence-corrected chi connectivity index (χ2v) is 6.17. The van der Waals surface area contributed by atoms with Crippen molar-refractivity contribution in [2.45, 2.75) is 19.4 Å². The van der Waals surface area contributed by atoms with Gasteiger partial charge in [-0.15, -0.1) is 5.56 Å². The van der Waals surface area contributed by atoms with Crippen LogP contribution >= 0.6 is 0 Å². The molecule has 0 aliphatic heterocycles. The van der Waals surface area contributed by atoms with E-state index in [0.29, 0.717) is 6.42 Å². The molecule has 0 saturated heterocycles. The monoisotopic (exact) mass is 398 g/mol. The van der Waals surface area contributed by atoms with Crippen molar-refractivity contribution in [2.75, 3.05) is 0 Å². The summed E-state index contributed by atoms with van der Waals surface area (Å²) in [4.78, 5) is 8.73. The summed E-state index contributed by atoms with van der Waals surface area (Å²) in [7, 11) is 0. The predicted molar refractivity (Wildman–Crippen MR) is 105 cm³/mol. The molecule has 3 nitrogen and oxygen atoms in total. The molecular formula is C23H22FeN2O. The van der Waals surface area contributed by atoms with Crippen molar-refractivity contribution in [3.8, 4) is 11.4 Å². The fraction of sp³-hybridized carbons (Fsp3) is 0.130. The van der Waals surface area contributed by atoms with Gasteiger partial charge in [-0.3, -0.25) is 9.97 Å². The van der Waals surface area contributed by atoms with E-state index in [1.807, 2.05) is 85.8 Å². The molecule has 2 aromatic heterocycles. The zero-order chi connectivity index (χ0) is 18.2. The van der Waals surface area contributed by atoms with E-state index in [2.05, 4.69) is 9.97 Å². The molecule has 27 heavy (non-hydrogen) atoms. The van der Waals surface area contributed by atoms with Gasteiger partial charge in [0.05, 0.1) is 17.5 Å². The summed E-state index contributed by atoms with van der Waals surface area (Å²) >= 11 is 0. The van der Waals surface area contributed by atoms with E-state index in [9.17, 15) is 5.11 Å². The number of nitrogens with zero attached hydrogens (tertiary/aromatic N) is 2. The largest absolute Gasteiger partial charge is 2.00 e. The second-order valence-electron chi connectivity index (χ2n) is 6.17. The Bertz CT molecular complexity index is 885. The van der Waals surface area contributed by atoms with E-state index in [1.54, 1.807) is 12.4 Å². The quantitative estimate of drug-likeness (QED) is 0.395. The maximum absolute atomic E-state index is 10.2. The molecule has 0 aliphatic carbocycles. The summed E-state index contributed by atoms with van der Waals surface area (Å²) in [6.07, 6.45) is 3.65. The summed E-state index contributed by atoms with van der Waals surface area (Å²) in [6, 6.07) is 25.7. The molecule has 0 amide bonds. The van der Waals surface area contributed by atoms with E-state index >= 15 is 0 Å². The second kappa shape index (κ2) is 10.6. The first kappa shape index (κ1) is 20.8. The first-order chi connectivity index (χ1) is 12.7. The fourth-order valence-corrected chi connectivity index (χ4v) is 2.69. The van der Waals surface area contributed by atoms with Crippen LogP contribution in [0.4, 0.5) is 0 Å². The summed E-state index contributed by atoms with van der Waals surface area (Å²) in [5.41, 5.74) is 4.86. The van der Waals surface area contributed by atoms with Gasteiger partial charge < -0.3 is 5.11 Å². The van der Waals surface area contributed by atoms with Crippen molar-refractivity contribution in [3.63, 3.8) is 0 Å². The number of aryl methyl sites for hydroxylation is 1. The number of aliphatic hydroxyl groups is 1. The van der Waals surface area contributed by atoms with Gasteiger partial charge in [-0.1, -0.05) is 0 Å². The van der Waals surface area contributed by atoms with Gasteiger partial charge in [0.15, 0.2) is 0 Å². The Morgan fingerprint density at radius 3 is 2.22 bits per heavy atom. The number of aliphatic hydroxyl groups excluding tert-OH is 1.